The summed E-state index contributed by atoms with van der Waals surface area (Å²) in [6.07, 6.45) is 0. The van der Waals surface area contributed by atoms with Crippen molar-refractivity contribution in [2.45, 2.75) is 20.4 Å². The highest BCUT2D eigenvalue weighted by molar-refractivity contribution is 5.90. The fraction of sp³-hybridized carbons (Fsp3) is 0.200. The van der Waals surface area contributed by atoms with E-state index in [2.05, 4.69) is 20.4 Å². The first-order valence-electron chi connectivity index (χ1n) is 6.76. The second kappa shape index (κ2) is 5.51. The second-order valence-corrected chi connectivity index (χ2v) is 5.00. The lowest BCUT2D eigenvalue weighted by Gasteiger charge is -2.02. The molecule has 0 fully saturated rings. The smallest absolute Gasteiger partial charge is 0.291 e. The molecule has 7 heteroatoms. The number of amides is 1. The van der Waals surface area contributed by atoms with Gasteiger partial charge < -0.3 is 5.32 Å². The Hall–Kier alpha value is -2.83. The molecule has 0 aliphatic rings. The standard InChI is InChI=1S/C15H14FN5O/c1-9-6-10(2)21-15(18-9)19-13(20-21)14(22)17-8-11-4-3-5-12(16)7-11/h3-7H,8H2,1-2H3,(H,17,22). The maximum Gasteiger partial charge on any atom is 0.291 e. The predicted octanol–water partition coefficient (Wildman–Crippen LogP) is 1.81. The van der Waals surface area contributed by atoms with Crippen LogP contribution in [0.2, 0.25) is 0 Å². The Bertz CT molecular complexity index is 858. The van der Waals surface area contributed by atoms with E-state index in [9.17, 15) is 9.18 Å². The summed E-state index contributed by atoms with van der Waals surface area (Å²) < 4.78 is 14.6. The Morgan fingerprint density at radius 1 is 1.27 bits per heavy atom. The number of hydrogen-bond donors (Lipinski definition) is 1. The fourth-order valence-electron chi connectivity index (χ4n) is 2.17. The summed E-state index contributed by atoms with van der Waals surface area (Å²) in [4.78, 5) is 20.4. The summed E-state index contributed by atoms with van der Waals surface area (Å²) in [5.74, 6) is -0.342. The summed E-state index contributed by atoms with van der Waals surface area (Å²) >= 11 is 0. The minimum atomic E-state index is -0.424. The van der Waals surface area contributed by atoms with Crippen LogP contribution in [0.3, 0.4) is 0 Å². The van der Waals surface area contributed by atoms with Gasteiger partial charge in [0, 0.05) is 17.9 Å². The molecule has 0 aliphatic carbocycles. The number of hydrogen-bond acceptors (Lipinski definition) is 4. The Kier molecular flexibility index (Phi) is 3.54. The molecule has 1 amide bonds. The molecule has 22 heavy (non-hydrogen) atoms. The van der Waals surface area contributed by atoms with Crippen molar-refractivity contribution in [3.05, 3.63) is 58.9 Å². The van der Waals surface area contributed by atoms with Gasteiger partial charge in [-0.25, -0.2) is 13.9 Å². The van der Waals surface area contributed by atoms with Gasteiger partial charge in [-0.1, -0.05) is 12.1 Å². The van der Waals surface area contributed by atoms with Crippen LogP contribution in [0.1, 0.15) is 27.6 Å². The number of aromatic nitrogens is 4. The maximum absolute atomic E-state index is 13.1. The number of halogens is 1. The number of aryl methyl sites for hydroxylation is 2. The molecule has 1 aromatic carbocycles. The van der Waals surface area contributed by atoms with Crippen LogP contribution in [0, 0.1) is 19.7 Å². The predicted molar refractivity (Wildman–Crippen MR) is 77.8 cm³/mol. The molecule has 0 spiro atoms. The van der Waals surface area contributed by atoms with Gasteiger partial charge in [0.15, 0.2) is 0 Å². The quantitative estimate of drug-likeness (QED) is 0.800. The van der Waals surface area contributed by atoms with Gasteiger partial charge >= 0.3 is 0 Å². The average molecular weight is 299 g/mol. The van der Waals surface area contributed by atoms with Crippen LogP contribution in [-0.4, -0.2) is 25.5 Å². The van der Waals surface area contributed by atoms with Crippen molar-refractivity contribution in [3.8, 4) is 0 Å². The molecule has 3 rings (SSSR count). The van der Waals surface area contributed by atoms with Crippen LogP contribution in [0.4, 0.5) is 4.39 Å². The minimum Gasteiger partial charge on any atom is -0.345 e. The van der Waals surface area contributed by atoms with Crippen molar-refractivity contribution >= 4 is 11.7 Å². The average Bonchev–Trinajstić information content (AvgIpc) is 2.89. The van der Waals surface area contributed by atoms with Crippen molar-refractivity contribution in [1.82, 2.24) is 24.9 Å². The number of carbonyl (C=O) groups excluding carboxylic acids is 1. The molecular weight excluding hydrogens is 285 g/mol. The molecule has 0 saturated heterocycles. The molecule has 3 aromatic rings. The van der Waals surface area contributed by atoms with Crippen LogP contribution in [-0.2, 0) is 6.54 Å². The number of fused-ring (bicyclic) bond motifs is 1. The summed E-state index contributed by atoms with van der Waals surface area (Å²) in [5.41, 5.74) is 2.32. The third kappa shape index (κ3) is 2.78. The topological polar surface area (TPSA) is 72.2 Å². The van der Waals surface area contributed by atoms with E-state index in [0.29, 0.717) is 11.3 Å². The zero-order chi connectivity index (χ0) is 15.7. The maximum atomic E-state index is 13.1. The zero-order valence-electron chi connectivity index (χ0n) is 12.2. The van der Waals surface area contributed by atoms with Crippen molar-refractivity contribution in [3.63, 3.8) is 0 Å². The Balaban J connectivity index is 1.79. The van der Waals surface area contributed by atoms with E-state index in [1.807, 2.05) is 19.9 Å². The largest absolute Gasteiger partial charge is 0.345 e. The van der Waals surface area contributed by atoms with E-state index in [0.717, 1.165) is 11.4 Å². The summed E-state index contributed by atoms with van der Waals surface area (Å²) in [6, 6.07) is 7.90. The van der Waals surface area contributed by atoms with E-state index in [1.165, 1.54) is 16.6 Å². The minimum absolute atomic E-state index is 0.0394. The number of nitrogens with zero attached hydrogens (tertiary/aromatic N) is 4. The van der Waals surface area contributed by atoms with Gasteiger partial charge in [-0.05, 0) is 37.6 Å². The second-order valence-electron chi connectivity index (χ2n) is 5.00. The van der Waals surface area contributed by atoms with Crippen molar-refractivity contribution < 1.29 is 9.18 Å². The van der Waals surface area contributed by atoms with Gasteiger partial charge in [-0.2, -0.15) is 4.98 Å². The molecule has 2 aromatic heterocycles. The number of benzene rings is 1. The molecular formula is C15H14FN5O. The van der Waals surface area contributed by atoms with E-state index in [4.69, 9.17) is 0 Å². The Morgan fingerprint density at radius 2 is 2.09 bits per heavy atom. The highest BCUT2D eigenvalue weighted by Crippen LogP contribution is 2.06. The van der Waals surface area contributed by atoms with Crippen molar-refractivity contribution in [2.75, 3.05) is 0 Å². The van der Waals surface area contributed by atoms with E-state index < -0.39 is 5.91 Å². The number of carbonyl (C=O) groups is 1. The summed E-state index contributed by atoms with van der Waals surface area (Å²) in [7, 11) is 0. The Labute approximate surface area is 126 Å². The molecule has 1 N–H and O–H groups in total. The van der Waals surface area contributed by atoms with E-state index in [-0.39, 0.29) is 18.2 Å². The van der Waals surface area contributed by atoms with Gasteiger partial charge in [0.1, 0.15) is 5.82 Å². The zero-order valence-corrected chi connectivity index (χ0v) is 12.2. The summed E-state index contributed by atoms with van der Waals surface area (Å²) in [6.45, 7) is 3.92. The third-order valence-electron chi connectivity index (χ3n) is 3.16. The van der Waals surface area contributed by atoms with Gasteiger partial charge in [0.2, 0.25) is 5.82 Å². The summed E-state index contributed by atoms with van der Waals surface area (Å²) in [5, 5.41) is 6.81. The molecule has 6 nitrogen and oxygen atoms in total. The molecule has 2 heterocycles. The molecule has 0 aliphatic heterocycles. The molecule has 0 radical (unpaired) electrons. The first kappa shape index (κ1) is 14.1. The first-order chi connectivity index (χ1) is 10.5. The third-order valence-corrected chi connectivity index (χ3v) is 3.16. The van der Waals surface area contributed by atoms with Crippen molar-refractivity contribution in [2.24, 2.45) is 0 Å². The van der Waals surface area contributed by atoms with Gasteiger partial charge in [0.05, 0.1) is 0 Å². The van der Waals surface area contributed by atoms with Gasteiger partial charge in [-0.15, -0.1) is 5.10 Å². The van der Waals surface area contributed by atoms with Crippen LogP contribution in [0.5, 0.6) is 0 Å². The SMILES string of the molecule is Cc1cc(C)n2nc(C(=O)NCc3cccc(F)c3)nc2n1. The van der Waals surface area contributed by atoms with Crippen LogP contribution >= 0.6 is 0 Å². The van der Waals surface area contributed by atoms with Crippen LogP contribution < -0.4 is 5.32 Å². The number of nitrogens with one attached hydrogen (secondary N) is 1. The lowest BCUT2D eigenvalue weighted by atomic mass is 10.2. The highest BCUT2D eigenvalue weighted by atomic mass is 19.1. The van der Waals surface area contributed by atoms with Gasteiger partial charge in [-0.3, -0.25) is 4.79 Å². The molecule has 0 unspecified atom stereocenters. The number of rotatable bonds is 3. The lowest BCUT2D eigenvalue weighted by Crippen LogP contribution is -2.24. The van der Waals surface area contributed by atoms with Crippen LogP contribution in [0.15, 0.2) is 30.3 Å². The van der Waals surface area contributed by atoms with E-state index >= 15 is 0 Å². The lowest BCUT2D eigenvalue weighted by molar-refractivity contribution is 0.0940. The first-order valence-corrected chi connectivity index (χ1v) is 6.76. The molecule has 112 valence electrons. The molecule has 0 bridgehead atoms. The highest BCUT2D eigenvalue weighted by Gasteiger charge is 2.14. The van der Waals surface area contributed by atoms with Crippen LogP contribution in [0.25, 0.3) is 5.78 Å². The van der Waals surface area contributed by atoms with Crippen molar-refractivity contribution in [1.29, 1.82) is 0 Å². The molecule has 0 atom stereocenters. The Morgan fingerprint density at radius 3 is 2.86 bits per heavy atom. The molecule has 0 saturated carbocycles. The fourth-order valence-corrected chi connectivity index (χ4v) is 2.17. The van der Waals surface area contributed by atoms with E-state index in [1.54, 1.807) is 12.1 Å². The normalized spacial score (nSPS) is 10.9. The monoisotopic (exact) mass is 299 g/mol. The van der Waals surface area contributed by atoms with Gasteiger partial charge in [0.25, 0.3) is 11.7 Å².